The van der Waals surface area contributed by atoms with Crippen molar-refractivity contribution in [3.63, 3.8) is 0 Å². The number of hydrogen-bond donors (Lipinski definition) is 2. The minimum atomic E-state index is 0.345. The molecule has 2 N–H and O–H groups in total. The number of ether oxygens (including phenoxy) is 4. The van der Waals surface area contributed by atoms with Gasteiger partial charge in [-0.15, -0.1) is 0 Å². The molecule has 1 saturated heterocycles. The van der Waals surface area contributed by atoms with E-state index < -0.39 is 0 Å². The standard InChI is InChI=1S/C22H38N4O4/c1-5-23-22(24-9-6-7-11-30-13-12-27-2)25-18-8-10-26(17-18)19-14-20(28-3)16-21(15-19)29-4/h14-16,18H,5-13,17H2,1-4H3,(H2,23,24,25). The molecule has 0 spiro atoms. The van der Waals surface area contributed by atoms with E-state index in [1.54, 1.807) is 21.3 Å². The molecule has 30 heavy (non-hydrogen) atoms. The molecule has 1 aromatic rings. The first-order chi connectivity index (χ1) is 14.7. The smallest absolute Gasteiger partial charge is 0.191 e. The number of nitrogens with zero attached hydrogens (tertiary/aromatic N) is 2. The summed E-state index contributed by atoms with van der Waals surface area (Å²) in [6, 6.07) is 6.35. The predicted molar refractivity (Wildman–Crippen MR) is 121 cm³/mol. The fourth-order valence-electron chi connectivity index (χ4n) is 3.35. The van der Waals surface area contributed by atoms with Crippen molar-refractivity contribution in [2.45, 2.75) is 32.2 Å². The number of rotatable bonds is 13. The van der Waals surface area contributed by atoms with Crippen LogP contribution in [0.4, 0.5) is 5.69 Å². The summed E-state index contributed by atoms with van der Waals surface area (Å²) in [6.45, 7) is 7.66. The molecule has 1 heterocycles. The summed E-state index contributed by atoms with van der Waals surface area (Å²) in [5.41, 5.74) is 1.12. The number of methoxy groups -OCH3 is 3. The molecule has 0 amide bonds. The lowest BCUT2D eigenvalue weighted by Gasteiger charge is -2.21. The Balaban J connectivity index is 1.81. The summed E-state index contributed by atoms with van der Waals surface area (Å²) < 4.78 is 21.3. The van der Waals surface area contributed by atoms with Gasteiger partial charge < -0.3 is 34.5 Å². The number of benzene rings is 1. The minimum absolute atomic E-state index is 0.345. The summed E-state index contributed by atoms with van der Waals surface area (Å²) in [6.07, 6.45) is 3.06. The molecule has 0 saturated carbocycles. The van der Waals surface area contributed by atoms with Crippen LogP contribution in [-0.4, -0.2) is 79.3 Å². The van der Waals surface area contributed by atoms with E-state index in [1.165, 1.54) is 0 Å². The van der Waals surface area contributed by atoms with E-state index in [0.29, 0.717) is 19.3 Å². The molecule has 1 aromatic carbocycles. The highest BCUT2D eigenvalue weighted by atomic mass is 16.5. The summed E-state index contributed by atoms with van der Waals surface area (Å²) >= 11 is 0. The van der Waals surface area contributed by atoms with Crippen molar-refractivity contribution in [3.8, 4) is 11.5 Å². The highest BCUT2D eigenvalue weighted by Crippen LogP contribution is 2.30. The lowest BCUT2D eigenvalue weighted by molar-refractivity contribution is 0.0690. The first kappa shape index (κ1) is 24.1. The summed E-state index contributed by atoms with van der Waals surface area (Å²) in [5, 5.41) is 6.93. The van der Waals surface area contributed by atoms with Gasteiger partial charge in [-0.2, -0.15) is 0 Å². The number of nitrogens with one attached hydrogen (secondary N) is 2. The normalized spacial score (nSPS) is 16.6. The van der Waals surface area contributed by atoms with Gasteiger partial charge in [-0.25, -0.2) is 0 Å². The van der Waals surface area contributed by atoms with E-state index in [1.807, 2.05) is 6.07 Å². The Morgan fingerprint density at radius 3 is 2.50 bits per heavy atom. The quantitative estimate of drug-likeness (QED) is 0.287. The monoisotopic (exact) mass is 422 g/mol. The molecular weight excluding hydrogens is 384 g/mol. The second-order valence-electron chi connectivity index (χ2n) is 7.22. The van der Waals surface area contributed by atoms with Gasteiger partial charge in [0.05, 0.1) is 27.4 Å². The first-order valence-corrected chi connectivity index (χ1v) is 10.8. The van der Waals surface area contributed by atoms with Crippen LogP contribution in [0.5, 0.6) is 11.5 Å². The first-order valence-electron chi connectivity index (χ1n) is 10.8. The lowest BCUT2D eigenvalue weighted by atomic mass is 10.2. The number of anilines is 1. The largest absolute Gasteiger partial charge is 0.497 e. The fraction of sp³-hybridized carbons (Fsp3) is 0.682. The molecule has 1 atom stereocenters. The van der Waals surface area contributed by atoms with Gasteiger partial charge >= 0.3 is 0 Å². The number of aliphatic imine (C=N–C) groups is 1. The van der Waals surface area contributed by atoms with Gasteiger partial charge in [0.15, 0.2) is 5.96 Å². The van der Waals surface area contributed by atoms with Crippen LogP contribution < -0.4 is 25.0 Å². The number of hydrogen-bond acceptors (Lipinski definition) is 6. The Labute approximate surface area is 180 Å². The highest BCUT2D eigenvalue weighted by molar-refractivity contribution is 5.80. The van der Waals surface area contributed by atoms with Gasteiger partial charge in [0.1, 0.15) is 11.5 Å². The summed E-state index contributed by atoms with van der Waals surface area (Å²) in [7, 11) is 5.04. The second kappa shape index (κ2) is 13.9. The lowest BCUT2D eigenvalue weighted by Crippen LogP contribution is -2.44. The average molecular weight is 423 g/mol. The molecule has 0 aliphatic carbocycles. The maximum absolute atomic E-state index is 5.49. The molecule has 0 bridgehead atoms. The van der Waals surface area contributed by atoms with Crippen LogP contribution in [0.1, 0.15) is 26.2 Å². The second-order valence-corrected chi connectivity index (χ2v) is 7.22. The maximum Gasteiger partial charge on any atom is 0.191 e. The Morgan fingerprint density at radius 2 is 1.83 bits per heavy atom. The molecule has 2 rings (SSSR count). The molecule has 0 aromatic heterocycles. The zero-order chi connectivity index (χ0) is 21.6. The molecular formula is C22H38N4O4. The average Bonchev–Trinajstić information content (AvgIpc) is 3.23. The number of unbranched alkanes of at least 4 members (excludes halogenated alkanes) is 1. The van der Waals surface area contributed by atoms with Crippen LogP contribution in [0.3, 0.4) is 0 Å². The summed E-state index contributed by atoms with van der Waals surface area (Å²) in [4.78, 5) is 7.07. The van der Waals surface area contributed by atoms with Crippen molar-refractivity contribution in [1.82, 2.24) is 10.6 Å². The maximum atomic E-state index is 5.49. The van der Waals surface area contributed by atoms with E-state index in [-0.39, 0.29) is 0 Å². The van der Waals surface area contributed by atoms with Gasteiger partial charge in [-0.05, 0) is 26.2 Å². The molecule has 8 heteroatoms. The molecule has 1 unspecified atom stereocenters. The Bertz CT molecular complexity index is 619. The van der Waals surface area contributed by atoms with Crippen LogP contribution in [0.2, 0.25) is 0 Å². The van der Waals surface area contributed by atoms with Crippen molar-refractivity contribution in [2.24, 2.45) is 4.99 Å². The van der Waals surface area contributed by atoms with Crippen LogP contribution in [0.25, 0.3) is 0 Å². The van der Waals surface area contributed by atoms with Gasteiger partial charge in [-0.3, -0.25) is 4.99 Å². The van der Waals surface area contributed by atoms with Crippen molar-refractivity contribution in [3.05, 3.63) is 18.2 Å². The van der Waals surface area contributed by atoms with Crippen LogP contribution in [0.15, 0.2) is 23.2 Å². The molecule has 1 aliphatic rings. The molecule has 1 fully saturated rings. The van der Waals surface area contributed by atoms with Gasteiger partial charge in [0, 0.05) is 69.8 Å². The Kier molecular flexibility index (Phi) is 11.2. The fourth-order valence-corrected chi connectivity index (χ4v) is 3.35. The summed E-state index contributed by atoms with van der Waals surface area (Å²) in [5.74, 6) is 2.50. The van der Waals surface area contributed by atoms with Crippen molar-refractivity contribution in [1.29, 1.82) is 0 Å². The van der Waals surface area contributed by atoms with E-state index in [4.69, 9.17) is 23.9 Å². The van der Waals surface area contributed by atoms with E-state index in [2.05, 4.69) is 34.6 Å². The van der Waals surface area contributed by atoms with E-state index >= 15 is 0 Å². The third kappa shape index (κ3) is 8.28. The third-order valence-electron chi connectivity index (χ3n) is 4.97. The van der Waals surface area contributed by atoms with Crippen LogP contribution in [0, 0.1) is 0 Å². The zero-order valence-corrected chi connectivity index (χ0v) is 18.9. The molecule has 0 radical (unpaired) electrons. The van der Waals surface area contributed by atoms with Gasteiger partial charge in [0.25, 0.3) is 0 Å². The van der Waals surface area contributed by atoms with Crippen molar-refractivity contribution in [2.75, 3.05) is 72.2 Å². The Hall–Kier alpha value is -2.19. The van der Waals surface area contributed by atoms with Crippen LogP contribution in [-0.2, 0) is 9.47 Å². The van der Waals surface area contributed by atoms with E-state index in [9.17, 15) is 0 Å². The van der Waals surface area contributed by atoms with Crippen molar-refractivity contribution >= 4 is 11.6 Å². The van der Waals surface area contributed by atoms with Gasteiger partial charge in [0.2, 0.25) is 0 Å². The molecule has 170 valence electrons. The molecule has 1 aliphatic heterocycles. The third-order valence-corrected chi connectivity index (χ3v) is 4.97. The topological polar surface area (TPSA) is 76.6 Å². The van der Waals surface area contributed by atoms with Crippen molar-refractivity contribution < 1.29 is 18.9 Å². The van der Waals surface area contributed by atoms with Crippen LogP contribution >= 0.6 is 0 Å². The van der Waals surface area contributed by atoms with Gasteiger partial charge in [-0.1, -0.05) is 0 Å². The van der Waals surface area contributed by atoms with E-state index in [0.717, 1.165) is 75.2 Å². The number of guanidine groups is 1. The minimum Gasteiger partial charge on any atom is -0.497 e. The SMILES string of the molecule is CCNC(=NCCCCOCCOC)NC1CCN(c2cc(OC)cc(OC)c2)C1. The highest BCUT2D eigenvalue weighted by Gasteiger charge is 2.24. The Morgan fingerprint density at radius 1 is 1.07 bits per heavy atom. The predicted octanol–water partition coefficient (Wildman–Crippen LogP) is 2.28. The zero-order valence-electron chi connectivity index (χ0n) is 18.9. The molecule has 8 nitrogen and oxygen atoms in total.